The van der Waals surface area contributed by atoms with Gasteiger partial charge in [-0.15, -0.1) is 0 Å². The average molecular weight is 610 g/mol. The molecule has 1 aromatic heterocycles. The van der Waals surface area contributed by atoms with E-state index in [-0.39, 0.29) is 29.2 Å². The Labute approximate surface area is 255 Å². The van der Waals surface area contributed by atoms with Gasteiger partial charge in [-0.25, -0.2) is 13.4 Å². The van der Waals surface area contributed by atoms with Crippen LogP contribution in [0.3, 0.4) is 0 Å². The number of aryl methyl sites for hydroxylation is 2. The van der Waals surface area contributed by atoms with E-state index in [1.165, 1.54) is 13.4 Å². The highest BCUT2D eigenvalue weighted by Gasteiger charge is 2.46. The number of ether oxygens (including phenoxy) is 3. The zero-order valence-corrected chi connectivity index (χ0v) is 27.0. The maximum absolute atomic E-state index is 11.9. The van der Waals surface area contributed by atoms with E-state index in [2.05, 4.69) is 48.0 Å². The fraction of sp³-hybridized carbons (Fsp3) is 0.485. The number of carbonyl (C=O) groups is 1. The average Bonchev–Trinajstić information content (AvgIpc) is 3.73. The molecule has 10 heteroatoms. The van der Waals surface area contributed by atoms with Gasteiger partial charge in [-0.05, 0) is 93.5 Å². The number of anilines is 1. The lowest BCUT2D eigenvalue weighted by Crippen LogP contribution is -2.32. The SMILES string of the molecule is COC(=O)[C@@H]1C[C@H]1c1cnc(N(COC(C)(C)C)Cc2cccc(-c3c(C)cc(OCCCS(C)(=O)=O)cc3C)c2)cn1. The minimum absolute atomic E-state index is 0.0562. The molecule has 3 aromatic rings. The number of hydrogen-bond acceptors (Lipinski definition) is 9. The molecule has 0 bridgehead atoms. The first-order valence-electron chi connectivity index (χ1n) is 14.5. The number of methoxy groups -OCH3 is 1. The standard InChI is InChI=1S/C33H43N3O6S/c1-22-14-26(41-12-9-13-43(7,38)39)15-23(2)31(22)25-11-8-10-24(16-25)20-36(21-42-33(3,4)5)30-19-34-29(18-35-30)27-17-28(27)32(37)40-6/h8,10-11,14-16,18-19,27-28H,9,12-13,17,20-21H2,1-7H3/t27-,28-/m1/s1. The van der Waals surface area contributed by atoms with Crippen molar-refractivity contribution in [3.63, 3.8) is 0 Å². The molecular formula is C33H43N3O6S. The Kier molecular flexibility index (Phi) is 10.1. The van der Waals surface area contributed by atoms with Crippen LogP contribution in [-0.4, -0.2) is 62.4 Å². The number of sulfone groups is 1. The molecule has 0 radical (unpaired) electrons. The van der Waals surface area contributed by atoms with E-state index in [4.69, 9.17) is 19.2 Å². The first-order valence-corrected chi connectivity index (χ1v) is 16.6. The molecule has 1 heterocycles. The lowest BCUT2D eigenvalue weighted by Gasteiger charge is -2.28. The number of esters is 1. The second-order valence-electron chi connectivity index (χ2n) is 12.3. The summed E-state index contributed by atoms with van der Waals surface area (Å²) in [5, 5.41) is 0. The predicted octanol–water partition coefficient (Wildman–Crippen LogP) is 5.63. The third-order valence-corrected chi connectivity index (χ3v) is 8.36. The van der Waals surface area contributed by atoms with Crippen molar-refractivity contribution in [3.8, 4) is 16.9 Å². The second-order valence-corrected chi connectivity index (χ2v) is 14.6. The summed E-state index contributed by atoms with van der Waals surface area (Å²) in [6, 6.07) is 12.4. The number of benzene rings is 2. The van der Waals surface area contributed by atoms with Crippen LogP contribution in [0.4, 0.5) is 5.82 Å². The van der Waals surface area contributed by atoms with Crippen LogP contribution in [0, 0.1) is 19.8 Å². The van der Waals surface area contributed by atoms with E-state index in [1.807, 2.05) is 32.9 Å². The van der Waals surface area contributed by atoms with Crippen molar-refractivity contribution in [2.45, 2.75) is 65.5 Å². The summed E-state index contributed by atoms with van der Waals surface area (Å²) in [6.45, 7) is 11.4. The third-order valence-electron chi connectivity index (χ3n) is 7.33. The second kappa shape index (κ2) is 13.4. The Morgan fingerprint density at radius 2 is 1.79 bits per heavy atom. The van der Waals surface area contributed by atoms with Gasteiger partial charge in [0.1, 0.15) is 28.1 Å². The van der Waals surface area contributed by atoms with E-state index in [1.54, 1.807) is 12.4 Å². The minimum atomic E-state index is -3.00. The van der Waals surface area contributed by atoms with Gasteiger partial charge in [0.15, 0.2) is 0 Å². The summed E-state index contributed by atoms with van der Waals surface area (Å²) in [5.74, 6) is 1.26. The van der Waals surface area contributed by atoms with Crippen LogP contribution in [-0.2, 0) is 30.7 Å². The molecule has 1 aliphatic carbocycles. The molecule has 43 heavy (non-hydrogen) atoms. The van der Waals surface area contributed by atoms with Gasteiger partial charge in [-0.3, -0.25) is 9.78 Å². The fourth-order valence-electron chi connectivity index (χ4n) is 5.10. The summed E-state index contributed by atoms with van der Waals surface area (Å²) >= 11 is 0. The number of nitrogens with zero attached hydrogens (tertiary/aromatic N) is 3. The van der Waals surface area contributed by atoms with Crippen molar-refractivity contribution in [1.82, 2.24) is 9.97 Å². The molecule has 232 valence electrons. The zero-order valence-electron chi connectivity index (χ0n) is 26.2. The van der Waals surface area contributed by atoms with E-state index in [9.17, 15) is 13.2 Å². The molecule has 4 rings (SSSR count). The van der Waals surface area contributed by atoms with Crippen LogP contribution in [0.5, 0.6) is 5.75 Å². The van der Waals surface area contributed by atoms with Gasteiger partial charge in [0.25, 0.3) is 0 Å². The molecular weight excluding hydrogens is 566 g/mol. The topological polar surface area (TPSA) is 108 Å². The first kappa shape index (κ1) is 32.4. The van der Waals surface area contributed by atoms with Crippen LogP contribution < -0.4 is 9.64 Å². The quantitative estimate of drug-likeness (QED) is 0.138. The normalized spacial score (nSPS) is 16.5. The van der Waals surface area contributed by atoms with Crippen LogP contribution in [0.1, 0.15) is 61.9 Å². The Morgan fingerprint density at radius 1 is 1.07 bits per heavy atom. The molecule has 0 unspecified atom stereocenters. The Balaban J connectivity index is 1.51. The van der Waals surface area contributed by atoms with Gasteiger partial charge in [0.05, 0.1) is 49.1 Å². The molecule has 0 N–H and O–H groups in total. The molecule has 9 nitrogen and oxygen atoms in total. The molecule has 1 aliphatic rings. The molecule has 2 atom stereocenters. The van der Waals surface area contributed by atoms with Crippen molar-refractivity contribution in [1.29, 1.82) is 0 Å². The van der Waals surface area contributed by atoms with Crippen LogP contribution in [0.25, 0.3) is 11.1 Å². The Morgan fingerprint density at radius 3 is 2.40 bits per heavy atom. The maximum atomic E-state index is 11.9. The lowest BCUT2D eigenvalue weighted by molar-refractivity contribution is -0.142. The number of rotatable bonds is 13. The summed E-state index contributed by atoms with van der Waals surface area (Å²) in [5.41, 5.74) is 5.94. The highest BCUT2D eigenvalue weighted by molar-refractivity contribution is 7.90. The van der Waals surface area contributed by atoms with Crippen molar-refractivity contribution in [2.24, 2.45) is 5.92 Å². The maximum Gasteiger partial charge on any atom is 0.309 e. The molecule has 2 aromatic carbocycles. The highest BCUT2D eigenvalue weighted by atomic mass is 32.2. The van der Waals surface area contributed by atoms with Gasteiger partial charge in [-0.2, -0.15) is 0 Å². The lowest BCUT2D eigenvalue weighted by atomic mass is 9.94. The van der Waals surface area contributed by atoms with Crippen molar-refractivity contribution in [2.75, 3.05) is 37.4 Å². The monoisotopic (exact) mass is 609 g/mol. The van der Waals surface area contributed by atoms with E-state index in [0.29, 0.717) is 32.1 Å². The molecule has 1 saturated carbocycles. The third kappa shape index (κ3) is 9.24. The minimum Gasteiger partial charge on any atom is -0.494 e. The largest absolute Gasteiger partial charge is 0.494 e. The van der Waals surface area contributed by atoms with Crippen LogP contribution in [0.15, 0.2) is 48.8 Å². The smallest absolute Gasteiger partial charge is 0.309 e. The van der Waals surface area contributed by atoms with Crippen LogP contribution in [0.2, 0.25) is 0 Å². The van der Waals surface area contributed by atoms with Gasteiger partial charge < -0.3 is 19.1 Å². The summed E-state index contributed by atoms with van der Waals surface area (Å²) in [6.07, 6.45) is 5.93. The van der Waals surface area contributed by atoms with Crippen molar-refractivity contribution >= 4 is 21.6 Å². The first-order chi connectivity index (χ1) is 20.2. The van der Waals surface area contributed by atoms with Gasteiger partial charge in [0.2, 0.25) is 0 Å². The van der Waals surface area contributed by atoms with Crippen molar-refractivity contribution < 1.29 is 27.4 Å². The fourth-order valence-corrected chi connectivity index (χ4v) is 5.75. The molecule has 0 aliphatic heterocycles. The molecule has 0 amide bonds. The zero-order chi connectivity index (χ0) is 31.4. The summed E-state index contributed by atoms with van der Waals surface area (Å²) in [4.78, 5) is 23.3. The summed E-state index contributed by atoms with van der Waals surface area (Å²) < 4.78 is 39.7. The molecule has 0 saturated heterocycles. The molecule has 0 spiro atoms. The van der Waals surface area contributed by atoms with Crippen molar-refractivity contribution in [3.05, 3.63) is 71.2 Å². The van der Waals surface area contributed by atoms with Gasteiger partial charge in [0, 0.05) is 18.7 Å². The highest BCUT2D eigenvalue weighted by Crippen LogP contribution is 2.47. The summed E-state index contributed by atoms with van der Waals surface area (Å²) in [7, 11) is -1.59. The number of aromatic nitrogens is 2. The van der Waals surface area contributed by atoms with Gasteiger partial charge >= 0.3 is 5.97 Å². The number of carbonyl (C=O) groups excluding carboxylic acids is 1. The Hall–Kier alpha value is -3.50. The van der Waals surface area contributed by atoms with Gasteiger partial charge in [-0.1, -0.05) is 18.2 Å². The van der Waals surface area contributed by atoms with E-state index in [0.717, 1.165) is 45.7 Å². The molecule has 1 fully saturated rings. The number of hydrogen-bond donors (Lipinski definition) is 0. The van der Waals surface area contributed by atoms with E-state index < -0.39 is 9.84 Å². The Bertz CT molecular complexity index is 1510. The van der Waals surface area contributed by atoms with Crippen LogP contribution >= 0.6 is 0 Å². The predicted molar refractivity (Wildman–Crippen MR) is 168 cm³/mol. The van der Waals surface area contributed by atoms with E-state index >= 15 is 0 Å².